The minimum absolute atomic E-state index is 0.0119. The van der Waals surface area contributed by atoms with Crippen LogP contribution in [0.3, 0.4) is 0 Å². The molecule has 2 aromatic rings. The van der Waals surface area contributed by atoms with Gasteiger partial charge in [-0.15, -0.1) is 5.10 Å². The Morgan fingerprint density at radius 3 is 2.50 bits per heavy atom. The standard InChI is InChI=1S/C13H9Cl2F3N4O3S/c14-6-1-4-8(15)9(5-6)26(24,25)20-12(23)10-11(13(16,17)18)22(21-19-10)7-2-3-7/h1,4-5,7H,2-3H2,(H,20,23). The van der Waals surface area contributed by atoms with Gasteiger partial charge in [0, 0.05) is 5.02 Å². The number of amides is 1. The van der Waals surface area contributed by atoms with Crippen LogP contribution in [-0.2, 0) is 16.2 Å². The number of carbonyl (C=O) groups excluding carboxylic acids is 1. The molecule has 0 atom stereocenters. The topological polar surface area (TPSA) is 93.9 Å². The molecule has 26 heavy (non-hydrogen) atoms. The number of nitrogens with zero attached hydrogens (tertiary/aromatic N) is 3. The molecule has 0 saturated heterocycles. The summed E-state index contributed by atoms with van der Waals surface area (Å²) in [5.74, 6) is -1.57. The summed E-state index contributed by atoms with van der Waals surface area (Å²) in [6.45, 7) is 0. The van der Waals surface area contributed by atoms with Crippen molar-refractivity contribution < 1.29 is 26.4 Å². The Morgan fingerprint density at radius 1 is 1.27 bits per heavy atom. The Morgan fingerprint density at radius 2 is 1.92 bits per heavy atom. The molecule has 1 amide bonds. The Bertz CT molecular complexity index is 987. The van der Waals surface area contributed by atoms with Crippen LogP contribution in [0.15, 0.2) is 23.1 Å². The van der Waals surface area contributed by atoms with Crippen LogP contribution in [0.25, 0.3) is 0 Å². The van der Waals surface area contributed by atoms with Crippen LogP contribution >= 0.6 is 23.2 Å². The molecule has 3 rings (SSSR count). The number of sulfonamides is 1. The van der Waals surface area contributed by atoms with Crippen LogP contribution in [0.5, 0.6) is 0 Å². The molecule has 140 valence electrons. The van der Waals surface area contributed by atoms with Crippen molar-refractivity contribution >= 4 is 39.1 Å². The average molecular weight is 429 g/mol. The van der Waals surface area contributed by atoms with Gasteiger partial charge in [0.2, 0.25) is 0 Å². The molecule has 13 heteroatoms. The molecule has 1 aliphatic rings. The van der Waals surface area contributed by atoms with Crippen molar-refractivity contribution in [3.05, 3.63) is 39.6 Å². The fourth-order valence-electron chi connectivity index (χ4n) is 2.19. The molecule has 0 unspecified atom stereocenters. The second-order valence-corrected chi connectivity index (χ2v) is 7.96. The molecule has 1 heterocycles. The van der Waals surface area contributed by atoms with Crippen LogP contribution in [0.4, 0.5) is 13.2 Å². The van der Waals surface area contributed by atoms with Crippen molar-refractivity contribution in [2.45, 2.75) is 30.0 Å². The zero-order valence-corrected chi connectivity index (χ0v) is 14.9. The molecule has 7 nitrogen and oxygen atoms in total. The van der Waals surface area contributed by atoms with Crippen molar-refractivity contribution in [3.8, 4) is 0 Å². The van der Waals surface area contributed by atoms with Crippen LogP contribution in [-0.4, -0.2) is 29.3 Å². The van der Waals surface area contributed by atoms with Crippen molar-refractivity contribution in [2.75, 3.05) is 0 Å². The molecule has 1 saturated carbocycles. The van der Waals surface area contributed by atoms with Gasteiger partial charge in [-0.2, -0.15) is 13.2 Å². The lowest BCUT2D eigenvalue weighted by Gasteiger charge is -2.11. The molecule has 0 bridgehead atoms. The van der Waals surface area contributed by atoms with E-state index >= 15 is 0 Å². The highest BCUT2D eigenvalue weighted by molar-refractivity contribution is 7.90. The van der Waals surface area contributed by atoms with E-state index in [-0.39, 0.29) is 10.0 Å². The van der Waals surface area contributed by atoms with Gasteiger partial charge in [0.25, 0.3) is 15.9 Å². The lowest BCUT2D eigenvalue weighted by atomic mass is 10.3. The summed E-state index contributed by atoms with van der Waals surface area (Å²) in [5.41, 5.74) is -2.53. The van der Waals surface area contributed by atoms with Gasteiger partial charge in [0.1, 0.15) is 4.90 Å². The molecule has 1 aromatic carbocycles. The normalized spacial score (nSPS) is 15.1. The maximum atomic E-state index is 13.3. The van der Waals surface area contributed by atoms with Crippen LogP contribution in [0, 0.1) is 0 Å². The quantitative estimate of drug-likeness (QED) is 0.807. The summed E-state index contributed by atoms with van der Waals surface area (Å²) < 4.78 is 66.6. The van der Waals surface area contributed by atoms with Crippen molar-refractivity contribution in [3.63, 3.8) is 0 Å². The van der Waals surface area contributed by atoms with Gasteiger partial charge < -0.3 is 0 Å². The number of hydrogen-bond acceptors (Lipinski definition) is 5. The number of carbonyl (C=O) groups is 1. The number of nitrogens with one attached hydrogen (secondary N) is 1. The molecule has 0 aliphatic heterocycles. The molecule has 0 radical (unpaired) electrons. The van der Waals surface area contributed by atoms with E-state index in [1.54, 1.807) is 0 Å². The predicted molar refractivity (Wildman–Crippen MR) is 84.4 cm³/mol. The third-order valence-corrected chi connectivity index (χ3v) is 5.53. The van der Waals surface area contributed by atoms with Gasteiger partial charge in [0.15, 0.2) is 11.4 Å². The number of rotatable bonds is 4. The first kappa shape index (κ1) is 18.9. The molecular weight excluding hydrogens is 420 g/mol. The Labute approximate surface area is 155 Å². The number of aromatic nitrogens is 3. The Kier molecular flexibility index (Phi) is 4.65. The lowest BCUT2D eigenvalue weighted by Crippen LogP contribution is -2.33. The summed E-state index contributed by atoms with van der Waals surface area (Å²) in [5, 5.41) is 6.32. The van der Waals surface area contributed by atoms with Crippen molar-refractivity contribution in [2.24, 2.45) is 0 Å². The monoisotopic (exact) mass is 428 g/mol. The zero-order chi connectivity index (χ0) is 19.3. The number of hydrogen-bond donors (Lipinski definition) is 1. The highest BCUT2D eigenvalue weighted by Gasteiger charge is 2.45. The fourth-order valence-corrected chi connectivity index (χ4v) is 3.91. The number of benzene rings is 1. The van der Waals surface area contributed by atoms with Gasteiger partial charge >= 0.3 is 6.18 Å². The molecule has 1 N–H and O–H groups in total. The Balaban J connectivity index is 1.97. The van der Waals surface area contributed by atoms with E-state index in [2.05, 4.69) is 10.3 Å². The van der Waals surface area contributed by atoms with Gasteiger partial charge in [0.05, 0.1) is 11.1 Å². The second kappa shape index (κ2) is 6.39. The first-order chi connectivity index (χ1) is 12.0. The molecule has 1 fully saturated rings. The first-order valence-corrected chi connectivity index (χ1v) is 9.29. The van der Waals surface area contributed by atoms with Crippen molar-refractivity contribution in [1.29, 1.82) is 0 Å². The average Bonchev–Trinajstić information content (AvgIpc) is 3.25. The van der Waals surface area contributed by atoms with Gasteiger partial charge in [-0.25, -0.2) is 17.8 Å². The van der Waals surface area contributed by atoms with E-state index in [9.17, 15) is 26.4 Å². The van der Waals surface area contributed by atoms with Crippen LogP contribution in [0.2, 0.25) is 10.0 Å². The highest BCUT2D eigenvalue weighted by atomic mass is 35.5. The van der Waals surface area contributed by atoms with Crippen LogP contribution in [0.1, 0.15) is 35.1 Å². The molecule has 0 spiro atoms. The van der Waals surface area contributed by atoms with E-state index in [0.29, 0.717) is 17.5 Å². The van der Waals surface area contributed by atoms with Gasteiger partial charge in [-0.1, -0.05) is 28.4 Å². The van der Waals surface area contributed by atoms with E-state index in [1.165, 1.54) is 16.9 Å². The molecule has 1 aromatic heterocycles. The number of alkyl halides is 3. The maximum absolute atomic E-state index is 13.3. The first-order valence-electron chi connectivity index (χ1n) is 7.05. The maximum Gasteiger partial charge on any atom is 0.435 e. The predicted octanol–water partition coefficient (Wildman–Crippen LogP) is 3.06. The fraction of sp³-hybridized carbons (Fsp3) is 0.308. The number of halogens is 5. The smallest absolute Gasteiger partial charge is 0.266 e. The molecular formula is C13H9Cl2F3N4O3S. The third-order valence-electron chi connectivity index (χ3n) is 3.48. The zero-order valence-electron chi connectivity index (χ0n) is 12.6. The van der Waals surface area contributed by atoms with E-state index in [4.69, 9.17) is 23.2 Å². The summed E-state index contributed by atoms with van der Waals surface area (Å²) in [6.07, 6.45) is -4.01. The summed E-state index contributed by atoms with van der Waals surface area (Å²) in [4.78, 5) is 11.6. The summed E-state index contributed by atoms with van der Waals surface area (Å²) in [6, 6.07) is 2.94. The second-order valence-electron chi connectivity index (χ2n) is 5.47. The highest BCUT2D eigenvalue weighted by Crippen LogP contribution is 2.40. The molecule has 1 aliphatic carbocycles. The Hall–Kier alpha value is -1.85. The summed E-state index contributed by atoms with van der Waals surface area (Å²) in [7, 11) is -4.58. The summed E-state index contributed by atoms with van der Waals surface area (Å²) >= 11 is 11.5. The third kappa shape index (κ3) is 3.64. The van der Waals surface area contributed by atoms with Gasteiger partial charge in [-0.3, -0.25) is 4.79 Å². The minimum atomic E-state index is -4.93. The largest absolute Gasteiger partial charge is 0.435 e. The van der Waals surface area contributed by atoms with Crippen molar-refractivity contribution in [1.82, 2.24) is 19.7 Å². The lowest BCUT2D eigenvalue weighted by molar-refractivity contribution is -0.144. The van der Waals surface area contributed by atoms with E-state index < -0.39 is 44.4 Å². The van der Waals surface area contributed by atoms with Crippen LogP contribution < -0.4 is 4.72 Å². The van der Waals surface area contributed by atoms with E-state index in [0.717, 1.165) is 6.07 Å². The minimum Gasteiger partial charge on any atom is -0.266 e. The SMILES string of the molecule is O=C(NS(=O)(=O)c1cc(Cl)ccc1Cl)c1nnn(C2CC2)c1C(F)(F)F. The van der Waals surface area contributed by atoms with Gasteiger partial charge in [-0.05, 0) is 31.0 Å². The van der Waals surface area contributed by atoms with E-state index in [1.807, 2.05) is 0 Å².